The predicted molar refractivity (Wildman–Crippen MR) is 86.7 cm³/mol. The van der Waals surface area contributed by atoms with Gasteiger partial charge in [-0.05, 0) is 44.7 Å². The van der Waals surface area contributed by atoms with Crippen molar-refractivity contribution in [3.05, 3.63) is 35.4 Å². The van der Waals surface area contributed by atoms with Crippen molar-refractivity contribution in [1.82, 2.24) is 10.2 Å². The van der Waals surface area contributed by atoms with Crippen molar-refractivity contribution in [3.63, 3.8) is 0 Å². The average Bonchev–Trinajstić information content (AvgIpc) is 3.24. The van der Waals surface area contributed by atoms with E-state index in [0.717, 1.165) is 31.4 Å². The molecule has 1 amide bonds. The molecule has 2 aliphatic heterocycles. The second-order valence-corrected chi connectivity index (χ2v) is 6.43. The van der Waals surface area contributed by atoms with Gasteiger partial charge in [0.15, 0.2) is 0 Å². The quantitative estimate of drug-likeness (QED) is 0.860. The van der Waals surface area contributed by atoms with Gasteiger partial charge >= 0.3 is 5.97 Å². The maximum atomic E-state index is 12.5. The van der Waals surface area contributed by atoms with E-state index in [1.54, 1.807) is 4.90 Å². The summed E-state index contributed by atoms with van der Waals surface area (Å²) in [7, 11) is 0. The number of esters is 1. The first-order valence-electron chi connectivity index (χ1n) is 8.41. The molecule has 0 spiro atoms. The summed E-state index contributed by atoms with van der Waals surface area (Å²) in [5.41, 5.74) is 2.15. The topological polar surface area (TPSA) is 58.6 Å². The van der Waals surface area contributed by atoms with Gasteiger partial charge in [0.25, 0.3) is 0 Å². The summed E-state index contributed by atoms with van der Waals surface area (Å²) in [6, 6.07) is 7.38. The van der Waals surface area contributed by atoms with Crippen molar-refractivity contribution in [1.29, 1.82) is 0 Å². The van der Waals surface area contributed by atoms with Crippen LogP contribution in [0.5, 0.6) is 0 Å². The van der Waals surface area contributed by atoms with Crippen LogP contribution in [0.1, 0.15) is 36.8 Å². The molecule has 2 atom stereocenters. The maximum Gasteiger partial charge on any atom is 0.329 e. The van der Waals surface area contributed by atoms with Gasteiger partial charge in [0.05, 0.1) is 6.04 Å². The van der Waals surface area contributed by atoms with E-state index in [1.807, 2.05) is 31.2 Å². The molecule has 0 bridgehead atoms. The zero-order valence-electron chi connectivity index (χ0n) is 13.6. The third kappa shape index (κ3) is 3.72. The number of ether oxygens (including phenoxy) is 1. The fourth-order valence-corrected chi connectivity index (χ4v) is 3.31. The fraction of sp³-hybridized carbons (Fsp3) is 0.556. The van der Waals surface area contributed by atoms with Crippen molar-refractivity contribution < 1.29 is 14.3 Å². The Bertz CT molecular complexity index is 564. The van der Waals surface area contributed by atoms with Crippen LogP contribution in [0.4, 0.5) is 0 Å². The number of nitrogens with zero attached hydrogens (tertiary/aromatic N) is 1. The zero-order chi connectivity index (χ0) is 16.2. The number of amides is 1. The third-order valence-electron chi connectivity index (χ3n) is 4.67. The van der Waals surface area contributed by atoms with Crippen LogP contribution in [-0.2, 0) is 20.9 Å². The Morgan fingerprint density at radius 2 is 2.00 bits per heavy atom. The lowest BCUT2D eigenvalue weighted by Crippen LogP contribution is -2.48. The molecule has 3 rings (SSSR count). The van der Waals surface area contributed by atoms with Crippen LogP contribution in [0.2, 0.25) is 0 Å². The molecule has 5 heteroatoms. The second-order valence-electron chi connectivity index (χ2n) is 6.43. The van der Waals surface area contributed by atoms with Gasteiger partial charge in [-0.25, -0.2) is 4.79 Å². The number of rotatable bonds is 4. The van der Waals surface area contributed by atoms with E-state index in [9.17, 15) is 9.59 Å². The minimum absolute atomic E-state index is 0.0530. The highest BCUT2D eigenvalue weighted by atomic mass is 16.5. The Morgan fingerprint density at radius 1 is 1.22 bits per heavy atom. The number of hydrogen-bond acceptors (Lipinski definition) is 4. The fourth-order valence-electron chi connectivity index (χ4n) is 3.31. The number of likely N-dealkylation sites (tertiary alicyclic amines) is 1. The lowest BCUT2D eigenvalue weighted by molar-refractivity contribution is -0.155. The maximum absolute atomic E-state index is 12.5. The van der Waals surface area contributed by atoms with Gasteiger partial charge in [0, 0.05) is 6.54 Å². The summed E-state index contributed by atoms with van der Waals surface area (Å²) in [5, 5.41) is 3.21. The Morgan fingerprint density at radius 3 is 2.70 bits per heavy atom. The molecular weight excluding hydrogens is 292 g/mol. The van der Waals surface area contributed by atoms with E-state index in [0.29, 0.717) is 13.0 Å². The van der Waals surface area contributed by atoms with Crippen molar-refractivity contribution in [2.45, 2.75) is 51.3 Å². The van der Waals surface area contributed by atoms with Gasteiger partial charge in [-0.1, -0.05) is 29.8 Å². The standard InChI is InChI=1S/C18H24N2O3/c1-13-6-8-14(9-7-13)12-23-18(22)16-5-3-11-20(16)17(21)15-4-2-10-19-15/h6-9,15-16,19H,2-5,10-12H2,1H3/t15-,16-/m0/s1. The van der Waals surface area contributed by atoms with E-state index in [1.165, 1.54) is 5.56 Å². The normalized spacial score (nSPS) is 24.0. The molecule has 0 radical (unpaired) electrons. The van der Waals surface area contributed by atoms with Gasteiger partial charge in [-0.15, -0.1) is 0 Å². The van der Waals surface area contributed by atoms with Crippen LogP contribution >= 0.6 is 0 Å². The Hall–Kier alpha value is -1.88. The minimum Gasteiger partial charge on any atom is -0.459 e. The van der Waals surface area contributed by atoms with Gasteiger partial charge < -0.3 is 15.0 Å². The predicted octanol–water partition coefficient (Wildman–Crippen LogP) is 1.78. The summed E-state index contributed by atoms with van der Waals surface area (Å²) in [4.78, 5) is 26.6. The number of benzene rings is 1. The molecule has 2 heterocycles. The number of hydrogen-bond donors (Lipinski definition) is 1. The van der Waals surface area contributed by atoms with Gasteiger partial charge in [-0.3, -0.25) is 4.79 Å². The molecule has 2 aliphatic rings. The van der Waals surface area contributed by atoms with Crippen LogP contribution in [-0.4, -0.2) is 41.9 Å². The molecular formula is C18H24N2O3. The Balaban J connectivity index is 1.57. The minimum atomic E-state index is -0.421. The van der Waals surface area contributed by atoms with Gasteiger partial charge in [0.1, 0.15) is 12.6 Å². The summed E-state index contributed by atoms with van der Waals surface area (Å²) in [6.07, 6.45) is 3.45. The van der Waals surface area contributed by atoms with Crippen LogP contribution < -0.4 is 5.32 Å². The summed E-state index contributed by atoms with van der Waals surface area (Å²) < 4.78 is 5.44. The average molecular weight is 316 g/mol. The van der Waals surface area contributed by atoms with Crippen molar-refractivity contribution in [2.24, 2.45) is 0 Å². The van der Waals surface area contributed by atoms with E-state index >= 15 is 0 Å². The Labute approximate surface area is 137 Å². The Kier molecular flexibility index (Phi) is 4.96. The van der Waals surface area contributed by atoms with Crippen molar-refractivity contribution in [2.75, 3.05) is 13.1 Å². The van der Waals surface area contributed by atoms with Gasteiger partial charge in [0.2, 0.25) is 5.91 Å². The van der Waals surface area contributed by atoms with Crippen LogP contribution in [0.3, 0.4) is 0 Å². The highest BCUT2D eigenvalue weighted by Gasteiger charge is 2.38. The molecule has 0 unspecified atom stereocenters. The number of carbonyl (C=O) groups is 2. The van der Waals surface area contributed by atoms with E-state index < -0.39 is 6.04 Å². The molecule has 2 saturated heterocycles. The van der Waals surface area contributed by atoms with E-state index in [2.05, 4.69) is 5.32 Å². The number of aryl methyl sites for hydroxylation is 1. The van der Waals surface area contributed by atoms with E-state index in [-0.39, 0.29) is 24.5 Å². The van der Waals surface area contributed by atoms with Crippen LogP contribution in [0.25, 0.3) is 0 Å². The summed E-state index contributed by atoms with van der Waals surface area (Å²) >= 11 is 0. The SMILES string of the molecule is Cc1ccc(COC(=O)[C@@H]2CCCN2C(=O)[C@@H]2CCCN2)cc1. The van der Waals surface area contributed by atoms with Crippen molar-refractivity contribution >= 4 is 11.9 Å². The monoisotopic (exact) mass is 316 g/mol. The smallest absolute Gasteiger partial charge is 0.329 e. The summed E-state index contributed by atoms with van der Waals surface area (Å²) in [5.74, 6) is -0.230. The number of carbonyl (C=O) groups excluding carboxylic acids is 2. The molecule has 1 aromatic rings. The molecule has 0 saturated carbocycles. The highest BCUT2D eigenvalue weighted by Crippen LogP contribution is 2.22. The van der Waals surface area contributed by atoms with Crippen LogP contribution in [0, 0.1) is 6.92 Å². The molecule has 23 heavy (non-hydrogen) atoms. The van der Waals surface area contributed by atoms with Crippen molar-refractivity contribution in [3.8, 4) is 0 Å². The molecule has 0 aromatic heterocycles. The van der Waals surface area contributed by atoms with Gasteiger partial charge in [-0.2, -0.15) is 0 Å². The van der Waals surface area contributed by atoms with Crippen LogP contribution in [0.15, 0.2) is 24.3 Å². The first-order chi connectivity index (χ1) is 11.1. The zero-order valence-corrected chi connectivity index (χ0v) is 13.6. The first-order valence-corrected chi connectivity index (χ1v) is 8.41. The first kappa shape index (κ1) is 16.0. The number of nitrogens with one attached hydrogen (secondary N) is 1. The molecule has 2 fully saturated rings. The molecule has 124 valence electrons. The van der Waals surface area contributed by atoms with E-state index in [4.69, 9.17) is 4.74 Å². The molecule has 1 aromatic carbocycles. The molecule has 0 aliphatic carbocycles. The summed E-state index contributed by atoms with van der Waals surface area (Å²) in [6.45, 7) is 3.82. The third-order valence-corrected chi connectivity index (χ3v) is 4.67. The largest absolute Gasteiger partial charge is 0.459 e. The molecule has 5 nitrogen and oxygen atoms in total. The molecule has 1 N–H and O–H groups in total. The lowest BCUT2D eigenvalue weighted by Gasteiger charge is -2.26. The highest BCUT2D eigenvalue weighted by molar-refractivity contribution is 5.88. The lowest BCUT2D eigenvalue weighted by atomic mass is 10.1. The second kappa shape index (κ2) is 7.13.